The Morgan fingerprint density at radius 1 is 1.37 bits per heavy atom. The van der Waals surface area contributed by atoms with Gasteiger partial charge in [0.1, 0.15) is 16.8 Å². The summed E-state index contributed by atoms with van der Waals surface area (Å²) in [4.78, 5) is 23.8. The van der Waals surface area contributed by atoms with Crippen molar-refractivity contribution in [1.29, 1.82) is 0 Å². The van der Waals surface area contributed by atoms with E-state index in [1.165, 1.54) is 0 Å². The molecule has 27 heavy (non-hydrogen) atoms. The zero-order valence-corrected chi connectivity index (χ0v) is 17.5. The maximum absolute atomic E-state index is 12.3. The second-order valence-electron chi connectivity index (χ2n) is 8.49. The number of carbonyl (C=O) groups is 1. The molecule has 0 saturated carbocycles. The molecule has 1 amide bonds. The van der Waals surface area contributed by atoms with Gasteiger partial charge in [0.2, 0.25) is 5.91 Å². The third-order valence-corrected chi connectivity index (χ3v) is 5.11. The van der Waals surface area contributed by atoms with Crippen LogP contribution in [0.4, 0.5) is 11.5 Å². The van der Waals surface area contributed by atoms with Gasteiger partial charge in [0, 0.05) is 20.0 Å². The van der Waals surface area contributed by atoms with Gasteiger partial charge in [-0.05, 0) is 36.8 Å². The number of hydrogen-bond donors (Lipinski definition) is 1. The van der Waals surface area contributed by atoms with Gasteiger partial charge in [-0.2, -0.15) is 0 Å². The molecule has 0 saturated heterocycles. The highest BCUT2D eigenvalue weighted by Gasteiger charge is 2.23. The van der Waals surface area contributed by atoms with E-state index in [-0.39, 0.29) is 11.3 Å². The zero-order valence-electron chi connectivity index (χ0n) is 16.8. The van der Waals surface area contributed by atoms with Crippen LogP contribution in [-0.2, 0) is 24.8 Å². The summed E-state index contributed by atoms with van der Waals surface area (Å²) in [5.74, 6) is 1.60. The van der Waals surface area contributed by atoms with Gasteiger partial charge in [0.25, 0.3) is 0 Å². The minimum atomic E-state index is -0.0493. The molecule has 0 radical (unpaired) electrons. The smallest absolute Gasteiger partial charge is 0.226 e. The van der Waals surface area contributed by atoms with Crippen molar-refractivity contribution in [3.05, 3.63) is 34.5 Å². The number of anilines is 2. The van der Waals surface area contributed by atoms with Crippen LogP contribution < -0.4 is 10.2 Å². The van der Waals surface area contributed by atoms with Crippen LogP contribution in [0.15, 0.2) is 12.3 Å². The van der Waals surface area contributed by atoms with Crippen LogP contribution in [0.3, 0.4) is 0 Å². The van der Waals surface area contributed by atoms with E-state index in [0.717, 1.165) is 42.2 Å². The number of nitrogens with one attached hydrogen (secondary N) is 1. The Labute approximate surface area is 165 Å². The largest absolute Gasteiger partial charge is 0.363 e. The fraction of sp³-hybridized carbons (Fsp3) is 0.550. The van der Waals surface area contributed by atoms with E-state index in [1.807, 2.05) is 18.5 Å². The number of imidazole rings is 1. The number of fused-ring (bicyclic) bond motifs is 1. The lowest BCUT2D eigenvalue weighted by molar-refractivity contribution is -0.117. The van der Waals surface area contributed by atoms with Gasteiger partial charge >= 0.3 is 0 Å². The van der Waals surface area contributed by atoms with Crippen molar-refractivity contribution in [1.82, 2.24) is 14.5 Å². The van der Waals surface area contributed by atoms with Gasteiger partial charge in [-0.25, -0.2) is 9.97 Å². The monoisotopic (exact) mass is 389 g/mol. The molecule has 3 heterocycles. The average Bonchev–Trinajstić information content (AvgIpc) is 2.86. The summed E-state index contributed by atoms with van der Waals surface area (Å²) in [6, 6.07) is 2.12. The fourth-order valence-electron chi connectivity index (χ4n) is 3.34. The number of carbonyl (C=O) groups excluding carboxylic acids is 1. The third kappa shape index (κ3) is 4.61. The molecular weight excluding hydrogens is 362 g/mol. The second kappa shape index (κ2) is 7.50. The number of halogens is 1. The van der Waals surface area contributed by atoms with Crippen LogP contribution in [0.1, 0.15) is 50.7 Å². The van der Waals surface area contributed by atoms with Crippen molar-refractivity contribution in [3.8, 4) is 0 Å². The molecule has 0 bridgehead atoms. The van der Waals surface area contributed by atoms with Crippen molar-refractivity contribution < 1.29 is 4.79 Å². The molecular formula is C20H28ClN5O. The van der Waals surface area contributed by atoms with Gasteiger partial charge in [0.15, 0.2) is 0 Å². The van der Waals surface area contributed by atoms with Crippen LogP contribution in [0.2, 0.25) is 5.15 Å². The molecule has 1 aliphatic heterocycles. The first-order valence-corrected chi connectivity index (χ1v) is 9.73. The summed E-state index contributed by atoms with van der Waals surface area (Å²) in [6.07, 6.45) is 4.09. The number of amides is 1. The summed E-state index contributed by atoms with van der Waals surface area (Å²) >= 11 is 6.12. The lowest BCUT2D eigenvalue weighted by Crippen LogP contribution is -2.31. The lowest BCUT2D eigenvalue weighted by Gasteiger charge is -2.31. The highest BCUT2D eigenvalue weighted by atomic mass is 35.5. The molecule has 0 spiro atoms. The van der Waals surface area contributed by atoms with Gasteiger partial charge < -0.3 is 14.8 Å². The highest BCUT2D eigenvalue weighted by Crippen LogP contribution is 2.31. The van der Waals surface area contributed by atoms with Crippen molar-refractivity contribution in [2.75, 3.05) is 16.8 Å². The minimum Gasteiger partial charge on any atom is -0.363 e. The molecule has 0 fully saturated rings. The van der Waals surface area contributed by atoms with Crippen LogP contribution >= 0.6 is 11.6 Å². The molecule has 0 unspecified atom stereocenters. The Morgan fingerprint density at radius 2 is 2.11 bits per heavy atom. The topological polar surface area (TPSA) is 63.1 Å². The molecule has 3 rings (SSSR count). The van der Waals surface area contributed by atoms with E-state index in [1.54, 1.807) is 6.20 Å². The van der Waals surface area contributed by atoms with E-state index < -0.39 is 0 Å². The standard InChI is InChI=1S/C20H28ClN5O/c1-13-9-15-14(23-19(13)24-18(27)10-20(2,3)4)7-6-8-26(15)12-17-22-11-16(21)25(17)5/h9,11H,6-8,10,12H2,1-5H3,(H,23,24,27). The molecule has 7 heteroatoms. The third-order valence-electron chi connectivity index (χ3n) is 4.76. The summed E-state index contributed by atoms with van der Waals surface area (Å²) in [5, 5.41) is 3.62. The van der Waals surface area contributed by atoms with Crippen LogP contribution in [0.25, 0.3) is 0 Å². The predicted molar refractivity (Wildman–Crippen MR) is 109 cm³/mol. The number of rotatable bonds is 4. The van der Waals surface area contributed by atoms with Gasteiger partial charge in [-0.1, -0.05) is 32.4 Å². The number of hydrogen-bond acceptors (Lipinski definition) is 4. The number of nitrogens with zero attached hydrogens (tertiary/aromatic N) is 4. The van der Waals surface area contributed by atoms with Crippen molar-refractivity contribution in [2.45, 2.75) is 53.5 Å². The summed E-state index contributed by atoms with van der Waals surface area (Å²) < 4.78 is 1.90. The van der Waals surface area contributed by atoms with Crippen molar-refractivity contribution in [3.63, 3.8) is 0 Å². The average molecular weight is 390 g/mol. The fourth-order valence-corrected chi connectivity index (χ4v) is 3.49. The molecule has 6 nitrogen and oxygen atoms in total. The number of aromatic nitrogens is 3. The molecule has 0 atom stereocenters. The summed E-state index contributed by atoms with van der Waals surface area (Å²) in [6.45, 7) is 9.80. The zero-order chi connectivity index (χ0) is 19.8. The Balaban J connectivity index is 1.82. The maximum Gasteiger partial charge on any atom is 0.226 e. The second-order valence-corrected chi connectivity index (χ2v) is 8.87. The molecule has 2 aromatic heterocycles. The van der Waals surface area contributed by atoms with Crippen LogP contribution in [0, 0.1) is 12.3 Å². The van der Waals surface area contributed by atoms with E-state index in [2.05, 4.69) is 42.0 Å². The van der Waals surface area contributed by atoms with E-state index in [4.69, 9.17) is 16.6 Å². The molecule has 1 aliphatic rings. The quantitative estimate of drug-likeness (QED) is 0.854. The minimum absolute atomic E-state index is 0.00775. The first-order valence-electron chi connectivity index (χ1n) is 9.35. The van der Waals surface area contributed by atoms with E-state index in [9.17, 15) is 4.79 Å². The first-order chi connectivity index (χ1) is 12.6. The van der Waals surface area contributed by atoms with Crippen LogP contribution in [0.5, 0.6) is 0 Å². The maximum atomic E-state index is 12.3. The Hall–Kier alpha value is -2.08. The Kier molecular flexibility index (Phi) is 5.47. The Bertz CT molecular complexity index is 853. The lowest BCUT2D eigenvalue weighted by atomic mass is 9.92. The predicted octanol–water partition coefficient (Wildman–Crippen LogP) is 4.10. The van der Waals surface area contributed by atoms with Crippen molar-refractivity contribution >= 4 is 29.0 Å². The molecule has 0 aromatic carbocycles. The molecule has 146 valence electrons. The number of aryl methyl sites for hydroxylation is 2. The van der Waals surface area contributed by atoms with E-state index in [0.29, 0.717) is 23.9 Å². The summed E-state index contributed by atoms with van der Waals surface area (Å²) in [5.41, 5.74) is 3.07. The molecule has 2 aromatic rings. The van der Waals surface area contributed by atoms with Crippen LogP contribution in [-0.4, -0.2) is 27.0 Å². The van der Waals surface area contributed by atoms with Gasteiger partial charge in [0.05, 0.1) is 24.1 Å². The first kappa shape index (κ1) is 19.7. The Morgan fingerprint density at radius 3 is 2.74 bits per heavy atom. The number of pyridine rings is 1. The molecule has 1 N–H and O–H groups in total. The van der Waals surface area contributed by atoms with Crippen molar-refractivity contribution in [2.24, 2.45) is 12.5 Å². The molecule has 0 aliphatic carbocycles. The highest BCUT2D eigenvalue weighted by molar-refractivity contribution is 6.29. The SMILES string of the molecule is Cc1cc2c(nc1NC(=O)CC(C)(C)C)CCCN2Cc1ncc(Cl)n1C. The van der Waals surface area contributed by atoms with Gasteiger partial charge in [-0.3, -0.25) is 4.79 Å². The summed E-state index contributed by atoms with van der Waals surface area (Å²) in [7, 11) is 1.92. The van der Waals surface area contributed by atoms with Gasteiger partial charge in [-0.15, -0.1) is 0 Å². The van der Waals surface area contributed by atoms with E-state index >= 15 is 0 Å². The normalized spacial score (nSPS) is 14.2.